The monoisotopic (exact) mass is 165 g/mol. The highest BCUT2D eigenvalue weighted by atomic mass is 16.6. The molecule has 0 aromatic heterocycles. The molecule has 0 amide bonds. The van der Waals surface area contributed by atoms with Gasteiger partial charge in [0, 0.05) is 0 Å². The Morgan fingerprint density at radius 1 is 1.17 bits per heavy atom. The lowest BCUT2D eigenvalue weighted by Crippen LogP contribution is -2.28. The molecule has 0 aliphatic heterocycles. The van der Waals surface area contributed by atoms with Crippen molar-refractivity contribution in [3.05, 3.63) is 0 Å². The van der Waals surface area contributed by atoms with E-state index in [2.05, 4.69) is 4.65 Å². The third kappa shape index (κ3) is 2.57. The van der Waals surface area contributed by atoms with Crippen molar-refractivity contribution in [1.29, 1.82) is 15.8 Å². The molecule has 0 aliphatic carbocycles. The van der Waals surface area contributed by atoms with Crippen molar-refractivity contribution >= 4 is 7.32 Å². The standard InChI is InChI=1S/C5H4BN3O3/c7-1-5(2-8,3-9)4-12-6(10)11/h10-11H,4H2. The maximum Gasteiger partial charge on any atom is 0.634 e. The molecule has 0 aliphatic rings. The molecule has 60 valence electrons. The number of hydrogen-bond acceptors (Lipinski definition) is 6. The Hall–Kier alpha value is -1.59. The van der Waals surface area contributed by atoms with Gasteiger partial charge in [-0.3, -0.25) is 0 Å². The van der Waals surface area contributed by atoms with Gasteiger partial charge in [-0.1, -0.05) is 0 Å². The summed E-state index contributed by atoms with van der Waals surface area (Å²) in [7, 11) is -2.08. The molecule has 0 spiro atoms. The van der Waals surface area contributed by atoms with Crippen molar-refractivity contribution in [2.75, 3.05) is 6.61 Å². The van der Waals surface area contributed by atoms with Gasteiger partial charge >= 0.3 is 7.32 Å². The first-order valence-corrected chi connectivity index (χ1v) is 2.82. The maximum atomic E-state index is 8.35. The van der Waals surface area contributed by atoms with Crippen molar-refractivity contribution < 1.29 is 14.7 Å². The van der Waals surface area contributed by atoms with Gasteiger partial charge in [-0.2, -0.15) is 15.8 Å². The normalized spacial score (nSPS) is 9.25. The number of nitrogens with zero attached hydrogens (tertiary/aromatic N) is 3. The van der Waals surface area contributed by atoms with Crippen molar-refractivity contribution in [2.45, 2.75) is 0 Å². The molecule has 0 rings (SSSR count). The highest BCUT2D eigenvalue weighted by Gasteiger charge is 2.32. The quantitative estimate of drug-likeness (QED) is 0.492. The third-order valence-corrected chi connectivity index (χ3v) is 1.02. The first kappa shape index (κ1) is 10.4. The number of rotatable bonds is 3. The fourth-order valence-corrected chi connectivity index (χ4v) is 0.371. The molecule has 0 atom stereocenters. The van der Waals surface area contributed by atoms with Crippen LogP contribution in [0, 0.1) is 39.4 Å². The summed E-state index contributed by atoms with van der Waals surface area (Å²) in [5.74, 6) is 0. The summed E-state index contributed by atoms with van der Waals surface area (Å²) in [6, 6.07) is 4.20. The second kappa shape index (κ2) is 4.33. The van der Waals surface area contributed by atoms with Gasteiger partial charge in [0.15, 0.2) is 0 Å². The lowest BCUT2D eigenvalue weighted by atomic mass is 9.95. The van der Waals surface area contributed by atoms with Gasteiger partial charge in [0.05, 0.1) is 6.61 Å². The minimum atomic E-state index is -2.08. The van der Waals surface area contributed by atoms with E-state index in [4.69, 9.17) is 25.8 Å². The van der Waals surface area contributed by atoms with Crippen LogP contribution in [-0.2, 0) is 4.65 Å². The first-order valence-electron chi connectivity index (χ1n) is 2.82. The smallest absolute Gasteiger partial charge is 0.402 e. The summed E-state index contributed by atoms with van der Waals surface area (Å²) in [6.45, 7) is -0.659. The fourth-order valence-electron chi connectivity index (χ4n) is 0.371. The molecule has 0 fully saturated rings. The van der Waals surface area contributed by atoms with Gasteiger partial charge in [-0.05, 0) is 0 Å². The van der Waals surface area contributed by atoms with E-state index in [1.807, 2.05) is 0 Å². The van der Waals surface area contributed by atoms with Crippen LogP contribution in [0.5, 0.6) is 0 Å². The van der Waals surface area contributed by atoms with E-state index in [0.717, 1.165) is 0 Å². The molecule has 0 heterocycles. The zero-order valence-electron chi connectivity index (χ0n) is 5.93. The SMILES string of the molecule is N#CC(C#N)(C#N)COB(O)O. The first-order chi connectivity index (χ1) is 5.60. The third-order valence-electron chi connectivity index (χ3n) is 1.02. The molecule has 0 aromatic rings. The topological polar surface area (TPSA) is 121 Å². The Labute approximate surface area is 69.0 Å². The van der Waals surface area contributed by atoms with Crippen LogP contribution < -0.4 is 0 Å². The lowest BCUT2D eigenvalue weighted by molar-refractivity contribution is 0.165. The molecule has 0 aromatic carbocycles. The van der Waals surface area contributed by atoms with Crippen LogP contribution in [0.4, 0.5) is 0 Å². The Balaban J connectivity index is 4.31. The van der Waals surface area contributed by atoms with Gasteiger partial charge < -0.3 is 14.7 Å². The Bertz CT molecular complexity index is 235. The average Bonchev–Trinajstić information content (AvgIpc) is 2.08. The predicted molar refractivity (Wildman–Crippen MR) is 35.4 cm³/mol. The summed E-state index contributed by atoms with van der Waals surface area (Å²) >= 11 is 0. The highest BCUT2D eigenvalue weighted by Crippen LogP contribution is 2.12. The van der Waals surface area contributed by atoms with Crippen molar-refractivity contribution in [3.8, 4) is 18.2 Å². The van der Waals surface area contributed by atoms with Crippen molar-refractivity contribution in [2.24, 2.45) is 5.41 Å². The maximum absolute atomic E-state index is 8.35. The molecule has 0 radical (unpaired) electrons. The van der Waals surface area contributed by atoms with Gasteiger partial charge in [0.1, 0.15) is 18.2 Å². The summed E-state index contributed by atoms with van der Waals surface area (Å²) < 4.78 is 4.12. The molecule has 0 saturated heterocycles. The molecule has 0 unspecified atom stereocenters. The van der Waals surface area contributed by atoms with Crippen LogP contribution in [0.1, 0.15) is 0 Å². The van der Waals surface area contributed by atoms with E-state index in [1.165, 1.54) is 18.2 Å². The van der Waals surface area contributed by atoms with Crippen molar-refractivity contribution in [3.63, 3.8) is 0 Å². The van der Waals surface area contributed by atoms with Crippen LogP contribution in [0.15, 0.2) is 0 Å². The lowest BCUT2D eigenvalue weighted by Gasteiger charge is -2.08. The molecule has 6 nitrogen and oxygen atoms in total. The molecular formula is C5H4BN3O3. The summed E-state index contributed by atoms with van der Waals surface area (Å²) in [5, 5.41) is 41.5. The number of hydrogen-bond donors (Lipinski definition) is 2. The largest absolute Gasteiger partial charge is 0.634 e. The molecule has 2 N–H and O–H groups in total. The highest BCUT2D eigenvalue weighted by molar-refractivity contribution is 6.32. The zero-order chi connectivity index (χ0) is 9.61. The van der Waals surface area contributed by atoms with Crippen LogP contribution in [0.3, 0.4) is 0 Å². The minimum Gasteiger partial charge on any atom is -0.402 e. The molecule has 0 saturated carbocycles. The van der Waals surface area contributed by atoms with E-state index in [-0.39, 0.29) is 0 Å². The zero-order valence-corrected chi connectivity index (χ0v) is 5.93. The summed E-state index contributed by atoms with van der Waals surface area (Å²) in [4.78, 5) is 0. The summed E-state index contributed by atoms with van der Waals surface area (Å²) in [5.41, 5.74) is -1.97. The Morgan fingerprint density at radius 3 is 1.83 bits per heavy atom. The molecule has 12 heavy (non-hydrogen) atoms. The molecule has 7 heteroatoms. The van der Waals surface area contributed by atoms with Crippen LogP contribution >= 0.6 is 0 Å². The Kier molecular flexibility index (Phi) is 3.75. The van der Waals surface area contributed by atoms with E-state index in [0.29, 0.717) is 0 Å². The molecular weight excluding hydrogens is 161 g/mol. The second-order valence-electron chi connectivity index (χ2n) is 1.88. The van der Waals surface area contributed by atoms with Crippen LogP contribution in [-0.4, -0.2) is 24.0 Å². The average molecular weight is 165 g/mol. The van der Waals surface area contributed by atoms with E-state index >= 15 is 0 Å². The van der Waals surface area contributed by atoms with E-state index in [1.54, 1.807) is 0 Å². The van der Waals surface area contributed by atoms with Gasteiger partial charge in [-0.15, -0.1) is 0 Å². The number of nitriles is 3. The van der Waals surface area contributed by atoms with Crippen LogP contribution in [0.2, 0.25) is 0 Å². The van der Waals surface area contributed by atoms with Gasteiger partial charge in [-0.25, -0.2) is 0 Å². The van der Waals surface area contributed by atoms with Gasteiger partial charge in [0.2, 0.25) is 5.41 Å². The van der Waals surface area contributed by atoms with E-state index in [9.17, 15) is 0 Å². The summed E-state index contributed by atoms with van der Waals surface area (Å²) in [6.07, 6.45) is 0. The van der Waals surface area contributed by atoms with Crippen molar-refractivity contribution in [1.82, 2.24) is 0 Å². The van der Waals surface area contributed by atoms with Crippen LogP contribution in [0.25, 0.3) is 0 Å². The van der Waals surface area contributed by atoms with E-state index < -0.39 is 19.3 Å². The second-order valence-corrected chi connectivity index (χ2v) is 1.88. The minimum absolute atomic E-state index is 0.659. The Morgan fingerprint density at radius 2 is 1.58 bits per heavy atom. The fraction of sp³-hybridized carbons (Fsp3) is 0.400. The predicted octanol–water partition coefficient (Wildman–Crippen LogP) is -1.47. The molecule has 0 bridgehead atoms. The van der Waals surface area contributed by atoms with Gasteiger partial charge in [0.25, 0.3) is 0 Å².